The van der Waals surface area contributed by atoms with Gasteiger partial charge in [-0.2, -0.15) is 0 Å². The molecule has 6 aliphatic rings. The number of hydrogen-bond donors (Lipinski definition) is 3. The third-order valence-electron chi connectivity index (χ3n) is 12.0. The first kappa shape index (κ1) is 21.4. The second-order valence-electron chi connectivity index (χ2n) is 13.4. The average Bonchev–Trinajstić information content (AvgIpc) is 3.09. The first-order valence-electron chi connectivity index (χ1n) is 13.5. The third-order valence-corrected chi connectivity index (χ3v) is 12.0. The van der Waals surface area contributed by atoms with Crippen LogP contribution in [0.25, 0.3) is 0 Å². The van der Waals surface area contributed by atoms with Gasteiger partial charge in [0.1, 0.15) is 0 Å². The van der Waals surface area contributed by atoms with Crippen molar-refractivity contribution in [3.05, 3.63) is 0 Å². The van der Waals surface area contributed by atoms with Crippen molar-refractivity contribution in [2.24, 2.45) is 52.8 Å². The molecule has 4 nitrogen and oxygen atoms in total. The van der Waals surface area contributed by atoms with Crippen LogP contribution < -0.4 is 0 Å². The Bertz CT molecular complexity index is 711. The summed E-state index contributed by atoms with van der Waals surface area (Å²) in [6.07, 6.45) is 9.43. The van der Waals surface area contributed by atoms with Crippen LogP contribution >= 0.6 is 0 Å². The Hall–Kier alpha value is -0.160. The number of rotatable bonds is 0. The van der Waals surface area contributed by atoms with E-state index in [4.69, 9.17) is 0 Å². The number of piperidine rings is 2. The molecule has 0 aromatic heterocycles. The highest BCUT2D eigenvalue weighted by Crippen LogP contribution is 2.67. The van der Waals surface area contributed by atoms with E-state index in [2.05, 4.69) is 25.7 Å². The van der Waals surface area contributed by atoms with E-state index in [-0.39, 0.29) is 23.5 Å². The topological polar surface area (TPSA) is 63.9 Å². The molecule has 0 radical (unpaired) electrons. The molecule has 3 N–H and O–H groups in total. The molecule has 0 aromatic carbocycles. The molecule has 4 heteroatoms. The van der Waals surface area contributed by atoms with Gasteiger partial charge >= 0.3 is 0 Å². The first-order valence-corrected chi connectivity index (χ1v) is 13.5. The predicted octanol–water partition coefficient (Wildman–Crippen LogP) is 3.68. The fourth-order valence-corrected chi connectivity index (χ4v) is 10.6. The molecule has 31 heavy (non-hydrogen) atoms. The van der Waals surface area contributed by atoms with Crippen LogP contribution in [0.1, 0.15) is 78.6 Å². The number of fused-ring (bicyclic) bond motifs is 8. The average molecular weight is 432 g/mol. The summed E-state index contributed by atoms with van der Waals surface area (Å²) in [5.74, 6) is 4.89. The van der Waals surface area contributed by atoms with Crippen molar-refractivity contribution in [2.75, 3.05) is 13.1 Å². The molecule has 0 amide bonds. The quantitative estimate of drug-likeness (QED) is 0.547. The van der Waals surface area contributed by atoms with Crippen LogP contribution in [0.15, 0.2) is 0 Å². The van der Waals surface area contributed by atoms with Crippen molar-refractivity contribution in [3.8, 4) is 0 Å². The van der Waals surface area contributed by atoms with Gasteiger partial charge in [0.05, 0.1) is 17.8 Å². The second kappa shape index (κ2) is 7.17. The molecule has 13 atom stereocenters. The van der Waals surface area contributed by atoms with E-state index in [0.717, 1.165) is 50.5 Å². The molecule has 0 spiro atoms. The summed E-state index contributed by atoms with van der Waals surface area (Å²) in [6.45, 7) is 9.36. The van der Waals surface area contributed by atoms with Crippen LogP contribution in [0, 0.1) is 52.8 Å². The maximum atomic E-state index is 11.8. The summed E-state index contributed by atoms with van der Waals surface area (Å²) in [7, 11) is 0. The van der Waals surface area contributed by atoms with E-state index in [1.54, 1.807) is 0 Å². The summed E-state index contributed by atoms with van der Waals surface area (Å²) in [4.78, 5) is 2.68. The molecule has 2 saturated heterocycles. The zero-order valence-corrected chi connectivity index (χ0v) is 19.9. The fourth-order valence-electron chi connectivity index (χ4n) is 10.6. The van der Waals surface area contributed by atoms with Crippen LogP contribution in [0.3, 0.4) is 0 Å². The minimum Gasteiger partial charge on any atom is -0.393 e. The van der Waals surface area contributed by atoms with E-state index in [1.807, 2.05) is 0 Å². The fraction of sp³-hybridized carbons (Fsp3) is 1.00. The maximum Gasteiger partial charge on any atom is 0.0805 e. The lowest BCUT2D eigenvalue weighted by molar-refractivity contribution is -0.176. The minimum absolute atomic E-state index is 0.188. The van der Waals surface area contributed by atoms with Crippen molar-refractivity contribution in [1.82, 2.24) is 4.90 Å². The van der Waals surface area contributed by atoms with Gasteiger partial charge in [0, 0.05) is 19.1 Å². The van der Waals surface area contributed by atoms with Gasteiger partial charge in [-0.1, -0.05) is 13.8 Å². The van der Waals surface area contributed by atoms with E-state index < -0.39 is 5.60 Å². The zero-order valence-electron chi connectivity index (χ0n) is 19.9. The van der Waals surface area contributed by atoms with Gasteiger partial charge in [-0.25, -0.2) is 0 Å². The summed E-state index contributed by atoms with van der Waals surface area (Å²) >= 11 is 0. The minimum atomic E-state index is -0.553. The largest absolute Gasteiger partial charge is 0.393 e. The molecule has 4 aliphatic carbocycles. The Kier molecular flexibility index (Phi) is 4.94. The number of nitrogens with zero attached hydrogens (tertiary/aromatic N) is 1. The van der Waals surface area contributed by atoms with Gasteiger partial charge in [0.25, 0.3) is 0 Å². The van der Waals surface area contributed by atoms with Crippen LogP contribution in [0.4, 0.5) is 0 Å². The van der Waals surface area contributed by atoms with E-state index in [1.165, 1.54) is 32.2 Å². The van der Waals surface area contributed by atoms with Crippen molar-refractivity contribution in [3.63, 3.8) is 0 Å². The molecule has 2 aliphatic heterocycles. The normalized spacial score (nSPS) is 61.5. The molecular formula is C27H45NO3. The van der Waals surface area contributed by atoms with E-state index in [0.29, 0.717) is 35.6 Å². The lowest BCUT2D eigenvalue weighted by Gasteiger charge is -2.60. The molecule has 0 unspecified atom stereocenters. The van der Waals surface area contributed by atoms with Gasteiger partial charge in [0.2, 0.25) is 0 Å². The Morgan fingerprint density at radius 1 is 0.742 bits per heavy atom. The van der Waals surface area contributed by atoms with Gasteiger partial charge in [-0.05, 0) is 117 Å². The van der Waals surface area contributed by atoms with Gasteiger partial charge in [0.15, 0.2) is 0 Å². The molecule has 2 heterocycles. The van der Waals surface area contributed by atoms with Crippen molar-refractivity contribution >= 4 is 0 Å². The summed E-state index contributed by atoms with van der Waals surface area (Å²) < 4.78 is 0. The Balaban J connectivity index is 1.30. The zero-order chi connectivity index (χ0) is 21.7. The first-order chi connectivity index (χ1) is 14.7. The van der Waals surface area contributed by atoms with Crippen molar-refractivity contribution < 1.29 is 15.3 Å². The summed E-state index contributed by atoms with van der Waals surface area (Å²) in [5, 5.41) is 33.3. The highest BCUT2D eigenvalue weighted by atomic mass is 16.3. The predicted molar refractivity (Wildman–Crippen MR) is 121 cm³/mol. The molecule has 6 fully saturated rings. The monoisotopic (exact) mass is 431 g/mol. The van der Waals surface area contributed by atoms with Crippen LogP contribution in [0.2, 0.25) is 0 Å². The van der Waals surface area contributed by atoms with Crippen molar-refractivity contribution in [2.45, 2.75) is 102 Å². The van der Waals surface area contributed by atoms with E-state index >= 15 is 0 Å². The standard InChI is InChI=1S/C27H45NO3/c1-15-4-7-25-27(3,31)21-6-5-17-18(20(21)14-28(25)13-15)11-22-19(17)12-24(30)23-10-16(29)8-9-26(22,23)2/h15-25,29-31H,4-14H2,1-3H3/t15-,16-,17+,18+,19-,20+,21-,22-,23+,24-,25+,26-,27-/m0/s1. The maximum absolute atomic E-state index is 11.8. The number of hydrogen-bond acceptors (Lipinski definition) is 4. The van der Waals surface area contributed by atoms with E-state index in [9.17, 15) is 15.3 Å². The van der Waals surface area contributed by atoms with Crippen LogP contribution in [-0.2, 0) is 0 Å². The van der Waals surface area contributed by atoms with Gasteiger partial charge < -0.3 is 15.3 Å². The molecule has 176 valence electrons. The number of aliphatic hydroxyl groups is 3. The number of aliphatic hydroxyl groups excluding tert-OH is 2. The van der Waals surface area contributed by atoms with Crippen LogP contribution in [-0.4, -0.2) is 57.2 Å². The van der Waals surface area contributed by atoms with Gasteiger partial charge in [-0.15, -0.1) is 0 Å². The summed E-state index contributed by atoms with van der Waals surface area (Å²) in [6, 6.07) is 0.355. The van der Waals surface area contributed by atoms with Gasteiger partial charge in [-0.3, -0.25) is 4.90 Å². The molecule has 0 aromatic rings. The highest BCUT2D eigenvalue weighted by Gasteiger charge is 2.64. The Labute approximate surface area is 188 Å². The highest BCUT2D eigenvalue weighted by molar-refractivity contribution is 5.14. The lowest BCUT2D eigenvalue weighted by Crippen LogP contribution is -2.67. The third kappa shape index (κ3) is 3.00. The molecule has 4 saturated carbocycles. The van der Waals surface area contributed by atoms with Crippen molar-refractivity contribution in [1.29, 1.82) is 0 Å². The Morgan fingerprint density at radius 2 is 1.55 bits per heavy atom. The molecule has 0 bridgehead atoms. The van der Waals surface area contributed by atoms with Crippen LogP contribution in [0.5, 0.6) is 0 Å². The SMILES string of the molecule is C[C@H]1CC[C@H]2N(C1)C[C@@H]1[C@@H]3C[C@H]4[C@@H](C[C@H](O)[C@H]5C[C@@H](O)CC[C@]54C)[C@@H]3CC[C@@H]1[C@]2(C)O. The molecular weight excluding hydrogens is 386 g/mol. The smallest absolute Gasteiger partial charge is 0.0805 e. The molecule has 6 rings (SSSR count). The Morgan fingerprint density at radius 3 is 2.35 bits per heavy atom. The summed E-state index contributed by atoms with van der Waals surface area (Å²) in [5.41, 5.74) is -0.365. The second-order valence-corrected chi connectivity index (χ2v) is 13.4. The lowest BCUT2D eigenvalue weighted by atomic mass is 9.51.